The Labute approximate surface area is 138 Å². The van der Waals surface area contributed by atoms with Crippen LogP contribution in [0.25, 0.3) is 0 Å². The second-order valence-electron chi connectivity index (χ2n) is 5.54. The lowest BCUT2D eigenvalue weighted by Crippen LogP contribution is -2.44. The molecular weight excluding hydrogens is 321 g/mol. The number of nitro groups is 1. The van der Waals surface area contributed by atoms with Gasteiger partial charge in [0.25, 0.3) is 5.69 Å². The van der Waals surface area contributed by atoms with Crippen LogP contribution >= 0.6 is 11.8 Å². The number of rotatable bonds is 6. The number of aliphatic imine (C=N–C) groups is 1. The maximum atomic E-state index is 14.4. The van der Waals surface area contributed by atoms with Gasteiger partial charge in [-0.2, -0.15) is 0 Å². The average molecular weight is 341 g/mol. The highest BCUT2D eigenvalue weighted by Gasteiger charge is 2.42. The molecule has 8 heteroatoms. The highest BCUT2D eigenvalue weighted by molar-refractivity contribution is 8.13. The van der Waals surface area contributed by atoms with Crippen molar-refractivity contribution in [3.63, 3.8) is 0 Å². The first kappa shape index (κ1) is 17.7. The van der Waals surface area contributed by atoms with Crippen LogP contribution < -0.4 is 5.73 Å². The van der Waals surface area contributed by atoms with Crippen LogP contribution in [0.2, 0.25) is 0 Å². The minimum Gasteiger partial charge on any atom is -0.379 e. The van der Waals surface area contributed by atoms with E-state index in [0.717, 1.165) is 25.0 Å². The molecule has 1 heterocycles. The van der Waals surface area contributed by atoms with Crippen molar-refractivity contribution in [3.05, 3.63) is 39.7 Å². The van der Waals surface area contributed by atoms with Crippen molar-refractivity contribution >= 4 is 22.6 Å². The maximum Gasteiger partial charge on any atom is 0.270 e. The molecule has 0 fully saturated rings. The van der Waals surface area contributed by atoms with Crippen molar-refractivity contribution in [2.24, 2.45) is 10.7 Å². The molecule has 2 rings (SSSR count). The van der Waals surface area contributed by atoms with Gasteiger partial charge in [0.1, 0.15) is 11.4 Å². The van der Waals surface area contributed by atoms with Gasteiger partial charge < -0.3 is 10.5 Å². The molecule has 6 nitrogen and oxygen atoms in total. The number of halogens is 1. The molecule has 23 heavy (non-hydrogen) atoms. The molecule has 0 aromatic heterocycles. The van der Waals surface area contributed by atoms with Crippen LogP contribution in [0.1, 0.15) is 32.3 Å². The summed E-state index contributed by atoms with van der Waals surface area (Å²) in [5.41, 5.74) is 4.69. The molecule has 0 radical (unpaired) electrons. The summed E-state index contributed by atoms with van der Waals surface area (Å²) in [5, 5.41) is 11.3. The van der Waals surface area contributed by atoms with Gasteiger partial charge in [0.15, 0.2) is 5.17 Å². The largest absolute Gasteiger partial charge is 0.379 e. The molecule has 1 aliphatic heterocycles. The molecule has 0 bridgehead atoms. The van der Waals surface area contributed by atoms with Crippen molar-refractivity contribution in [2.45, 2.75) is 38.3 Å². The molecule has 2 N–H and O–H groups in total. The van der Waals surface area contributed by atoms with Gasteiger partial charge in [0.05, 0.1) is 11.0 Å². The number of nitro benzene ring substituents is 1. The molecule has 126 valence electrons. The second-order valence-corrected chi connectivity index (χ2v) is 6.58. The van der Waals surface area contributed by atoms with Gasteiger partial charge in [-0.25, -0.2) is 9.38 Å². The Morgan fingerprint density at radius 1 is 1.61 bits per heavy atom. The first-order chi connectivity index (χ1) is 10.9. The Balaban J connectivity index is 2.43. The lowest BCUT2D eigenvalue weighted by Gasteiger charge is -2.37. The SMILES string of the molecule is CCCCOC1CSC(N)=N[C@]1(C)c1cc([N+](=O)[O-])ccc1F. The first-order valence-electron chi connectivity index (χ1n) is 7.42. The number of ether oxygens (including phenoxy) is 1. The molecule has 0 saturated heterocycles. The lowest BCUT2D eigenvalue weighted by molar-refractivity contribution is -0.385. The smallest absolute Gasteiger partial charge is 0.270 e. The zero-order valence-corrected chi connectivity index (χ0v) is 13.9. The zero-order chi connectivity index (χ0) is 17.0. The van der Waals surface area contributed by atoms with Gasteiger partial charge in [-0.3, -0.25) is 10.1 Å². The molecule has 0 amide bonds. The fourth-order valence-corrected chi connectivity index (χ4v) is 3.48. The third-order valence-corrected chi connectivity index (χ3v) is 4.73. The average Bonchev–Trinajstić information content (AvgIpc) is 2.49. The summed E-state index contributed by atoms with van der Waals surface area (Å²) in [7, 11) is 0. The Morgan fingerprint density at radius 3 is 3.00 bits per heavy atom. The molecular formula is C15H20FN3O3S. The fraction of sp³-hybridized carbons (Fsp3) is 0.533. The summed E-state index contributed by atoms with van der Waals surface area (Å²) in [6.45, 7) is 4.29. The van der Waals surface area contributed by atoms with Crippen LogP contribution in [-0.2, 0) is 10.3 Å². The number of benzene rings is 1. The number of nitrogens with zero attached hydrogens (tertiary/aromatic N) is 2. The minimum absolute atomic E-state index is 0.136. The third-order valence-electron chi connectivity index (χ3n) is 3.87. The fourth-order valence-electron chi connectivity index (χ4n) is 2.49. The second kappa shape index (κ2) is 7.27. The molecule has 0 saturated carbocycles. The highest BCUT2D eigenvalue weighted by atomic mass is 32.2. The Morgan fingerprint density at radius 2 is 2.35 bits per heavy atom. The minimum atomic E-state index is -1.08. The van der Waals surface area contributed by atoms with E-state index in [0.29, 0.717) is 17.5 Å². The Kier molecular flexibility index (Phi) is 5.59. The molecule has 1 aliphatic rings. The van der Waals surface area contributed by atoms with Crippen molar-refractivity contribution in [3.8, 4) is 0 Å². The van der Waals surface area contributed by atoms with Crippen molar-refractivity contribution in [2.75, 3.05) is 12.4 Å². The van der Waals surface area contributed by atoms with Gasteiger partial charge in [0.2, 0.25) is 0 Å². The first-order valence-corrected chi connectivity index (χ1v) is 8.41. The van der Waals surface area contributed by atoms with E-state index in [9.17, 15) is 14.5 Å². The number of amidine groups is 1. The van der Waals surface area contributed by atoms with Crippen molar-refractivity contribution in [1.82, 2.24) is 0 Å². The highest BCUT2D eigenvalue weighted by Crippen LogP contribution is 2.39. The van der Waals surface area contributed by atoms with E-state index in [1.165, 1.54) is 17.8 Å². The Hall–Kier alpha value is -1.67. The van der Waals surface area contributed by atoms with Crippen molar-refractivity contribution < 1.29 is 14.1 Å². The van der Waals surface area contributed by atoms with E-state index in [-0.39, 0.29) is 11.3 Å². The molecule has 0 spiro atoms. The summed E-state index contributed by atoms with van der Waals surface area (Å²) in [5.74, 6) is -0.0249. The summed E-state index contributed by atoms with van der Waals surface area (Å²) < 4.78 is 20.2. The van der Waals surface area contributed by atoms with Crippen LogP contribution in [0.5, 0.6) is 0 Å². The zero-order valence-electron chi connectivity index (χ0n) is 13.1. The topological polar surface area (TPSA) is 90.8 Å². The predicted molar refractivity (Wildman–Crippen MR) is 89.1 cm³/mol. The van der Waals surface area contributed by atoms with E-state index in [4.69, 9.17) is 10.5 Å². The summed E-state index contributed by atoms with van der Waals surface area (Å²) >= 11 is 1.34. The monoisotopic (exact) mass is 341 g/mol. The van der Waals surface area contributed by atoms with E-state index >= 15 is 0 Å². The van der Waals surface area contributed by atoms with Gasteiger partial charge in [-0.05, 0) is 19.4 Å². The van der Waals surface area contributed by atoms with E-state index in [2.05, 4.69) is 11.9 Å². The van der Waals surface area contributed by atoms with Gasteiger partial charge in [-0.15, -0.1) is 0 Å². The van der Waals surface area contributed by atoms with Crippen LogP contribution in [0.3, 0.4) is 0 Å². The van der Waals surface area contributed by atoms with E-state index in [1.807, 2.05) is 0 Å². The lowest BCUT2D eigenvalue weighted by atomic mass is 9.86. The number of thioether (sulfide) groups is 1. The summed E-state index contributed by atoms with van der Waals surface area (Å²) in [4.78, 5) is 14.8. The third kappa shape index (κ3) is 3.81. The van der Waals surface area contributed by atoms with E-state index in [1.54, 1.807) is 6.92 Å². The molecule has 2 atom stereocenters. The normalized spacial score (nSPS) is 24.3. The number of unbranched alkanes of at least 4 members (excludes halogenated alkanes) is 1. The van der Waals surface area contributed by atoms with Crippen LogP contribution in [0.4, 0.5) is 10.1 Å². The predicted octanol–water partition coefficient (Wildman–Crippen LogP) is 3.20. The van der Waals surface area contributed by atoms with Crippen LogP contribution in [0.15, 0.2) is 23.2 Å². The number of hydrogen-bond acceptors (Lipinski definition) is 6. The number of non-ortho nitro benzene ring substituents is 1. The van der Waals surface area contributed by atoms with Gasteiger partial charge in [-0.1, -0.05) is 25.1 Å². The van der Waals surface area contributed by atoms with Gasteiger partial charge >= 0.3 is 0 Å². The van der Waals surface area contributed by atoms with Crippen LogP contribution in [-0.4, -0.2) is 28.6 Å². The van der Waals surface area contributed by atoms with E-state index < -0.39 is 22.4 Å². The number of nitrogens with two attached hydrogens (primary N) is 1. The molecule has 1 unspecified atom stereocenters. The Bertz CT molecular complexity index is 626. The quantitative estimate of drug-likeness (QED) is 0.487. The standard InChI is InChI=1S/C15H20FN3O3S/c1-3-4-7-22-13-9-23-14(17)18-15(13,2)11-8-10(19(20)21)5-6-12(11)16/h5-6,8,13H,3-4,7,9H2,1-2H3,(H2,17,18)/t13?,15-/m1/s1. The van der Waals surface area contributed by atoms with Gasteiger partial charge in [0, 0.05) is 30.1 Å². The molecule has 1 aromatic rings. The summed E-state index contributed by atoms with van der Waals surface area (Å²) in [6, 6.07) is 3.45. The maximum absolute atomic E-state index is 14.4. The molecule has 0 aliphatic carbocycles. The molecule has 1 aromatic carbocycles. The van der Waals surface area contributed by atoms with Crippen molar-refractivity contribution in [1.29, 1.82) is 0 Å². The van der Waals surface area contributed by atoms with Crippen LogP contribution in [0, 0.1) is 15.9 Å². The number of hydrogen-bond donors (Lipinski definition) is 1. The summed E-state index contributed by atoms with van der Waals surface area (Å²) in [6.07, 6.45) is 1.46.